The SMILES string of the molecule is O=C(NCCOc1ccc(S(=O)(=O)N2CCCCC2)cc1)C1CCN(S(=O)(=O)Cc2cccc(Br)c2)CC1. The Morgan fingerprint density at radius 2 is 1.61 bits per heavy atom. The minimum atomic E-state index is -3.48. The molecule has 0 aliphatic carbocycles. The molecule has 2 aliphatic heterocycles. The Balaban J connectivity index is 1.18. The third-order valence-electron chi connectivity index (χ3n) is 6.90. The summed E-state index contributed by atoms with van der Waals surface area (Å²) in [6.45, 7) is 2.29. The number of carbonyl (C=O) groups excluding carboxylic acids is 1. The minimum Gasteiger partial charge on any atom is -0.492 e. The van der Waals surface area contributed by atoms with Gasteiger partial charge in [-0.05, 0) is 67.6 Å². The number of piperidine rings is 2. The van der Waals surface area contributed by atoms with E-state index >= 15 is 0 Å². The molecule has 12 heteroatoms. The van der Waals surface area contributed by atoms with Crippen LogP contribution in [0.2, 0.25) is 0 Å². The predicted octanol–water partition coefficient (Wildman–Crippen LogP) is 3.36. The van der Waals surface area contributed by atoms with E-state index in [-0.39, 0.29) is 29.1 Å². The summed E-state index contributed by atoms with van der Waals surface area (Å²) >= 11 is 3.37. The van der Waals surface area contributed by atoms with Crippen LogP contribution in [-0.2, 0) is 30.6 Å². The number of hydrogen-bond acceptors (Lipinski definition) is 6. The van der Waals surface area contributed by atoms with E-state index in [0.717, 1.165) is 29.3 Å². The van der Waals surface area contributed by atoms with Gasteiger partial charge in [0.2, 0.25) is 26.0 Å². The van der Waals surface area contributed by atoms with Crippen molar-refractivity contribution in [2.24, 2.45) is 5.92 Å². The third-order valence-corrected chi connectivity index (χ3v) is 11.2. The molecular formula is C26H34BrN3O6S2. The minimum absolute atomic E-state index is 0.0637. The second kappa shape index (κ2) is 12.9. The molecule has 38 heavy (non-hydrogen) atoms. The normalized spacial score (nSPS) is 18.2. The summed E-state index contributed by atoms with van der Waals surface area (Å²) in [7, 11) is -6.93. The molecule has 0 spiro atoms. The molecule has 0 saturated carbocycles. The van der Waals surface area contributed by atoms with Crippen LogP contribution in [0, 0.1) is 5.92 Å². The van der Waals surface area contributed by atoms with Crippen molar-refractivity contribution < 1.29 is 26.4 Å². The third kappa shape index (κ3) is 7.56. The lowest BCUT2D eigenvalue weighted by atomic mass is 9.97. The Kier molecular flexibility index (Phi) is 9.85. The topological polar surface area (TPSA) is 113 Å². The van der Waals surface area contributed by atoms with E-state index in [1.54, 1.807) is 36.4 Å². The molecule has 9 nitrogen and oxygen atoms in total. The maximum absolute atomic E-state index is 12.8. The van der Waals surface area contributed by atoms with Gasteiger partial charge in [0.15, 0.2) is 0 Å². The van der Waals surface area contributed by atoms with E-state index in [4.69, 9.17) is 4.74 Å². The standard InChI is InChI=1S/C26H34BrN3O6S2/c27-23-6-4-5-21(19-23)20-37(32,33)29-16-11-22(12-17-29)26(31)28-13-18-36-24-7-9-25(10-8-24)38(34,35)30-14-2-1-3-15-30/h4-10,19,22H,1-3,11-18,20H2,(H,28,31). The molecule has 4 rings (SSSR count). The van der Waals surface area contributed by atoms with Crippen LogP contribution in [-0.4, -0.2) is 70.7 Å². The maximum Gasteiger partial charge on any atom is 0.243 e. The smallest absolute Gasteiger partial charge is 0.243 e. The maximum atomic E-state index is 12.8. The Labute approximate surface area is 233 Å². The van der Waals surface area contributed by atoms with Crippen molar-refractivity contribution in [2.75, 3.05) is 39.3 Å². The predicted molar refractivity (Wildman–Crippen MR) is 149 cm³/mol. The van der Waals surface area contributed by atoms with Gasteiger partial charge < -0.3 is 10.1 Å². The number of nitrogens with zero attached hydrogens (tertiary/aromatic N) is 2. The van der Waals surface area contributed by atoms with Gasteiger partial charge in [0.25, 0.3) is 0 Å². The molecular weight excluding hydrogens is 594 g/mol. The van der Waals surface area contributed by atoms with E-state index in [0.29, 0.717) is 51.3 Å². The van der Waals surface area contributed by atoms with E-state index < -0.39 is 20.0 Å². The number of ether oxygens (including phenoxy) is 1. The number of halogens is 1. The average molecular weight is 629 g/mol. The Hall–Kier alpha value is -1.99. The van der Waals surface area contributed by atoms with E-state index in [1.807, 2.05) is 12.1 Å². The summed E-state index contributed by atoms with van der Waals surface area (Å²) in [6.07, 6.45) is 3.77. The highest BCUT2D eigenvalue weighted by molar-refractivity contribution is 9.10. The van der Waals surface area contributed by atoms with Crippen molar-refractivity contribution in [1.29, 1.82) is 0 Å². The highest BCUT2D eigenvalue weighted by atomic mass is 79.9. The van der Waals surface area contributed by atoms with Crippen LogP contribution in [0.4, 0.5) is 0 Å². The molecule has 2 aromatic rings. The lowest BCUT2D eigenvalue weighted by Gasteiger charge is -2.30. The number of benzene rings is 2. The molecule has 0 bridgehead atoms. The van der Waals surface area contributed by atoms with E-state index in [9.17, 15) is 21.6 Å². The van der Waals surface area contributed by atoms with Crippen LogP contribution >= 0.6 is 15.9 Å². The Morgan fingerprint density at radius 3 is 2.26 bits per heavy atom. The first-order valence-electron chi connectivity index (χ1n) is 12.9. The zero-order valence-electron chi connectivity index (χ0n) is 21.2. The number of carbonyl (C=O) groups is 1. The number of nitrogens with one attached hydrogen (secondary N) is 1. The monoisotopic (exact) mass is 627 g/mol. The molecule has 208 valence electrons. The second-order valence-corrected chi connectivity index (χ2v) is 14.5. The molecule has 2 aromatic carbocycles. The van der Waals surface area contributed by atoms with Crippen molar-refractivity contribution in [2.45, 2.75) is 42.8 Å². The molecule has 0 unspecified atom stereocenters. The van der Waals surface area contributed by atoms with Crippen molar-refractivity contribution in [3.8, 4) is 5.75 Å². The van der Waals surface area contributed by atoms with Crippen LogP contribution in [0.15, 0.2) is 57.9 Å². The number of sulfonamides is 2. The van der Waals surface area contributed by atoms with Crippen LogP contribution in [0.3, 0.4) is 0 Å². The van der Waals surface area contributed by atoms with Crippen molar-refractivity contribution >= 4 is 41.9 Å². The Morgan fingerprint density at radius 1 is 0.921 bits per heavy atom. The van der Waals surface area contributed by atoms with Crippen LogP contribution < -0.4 is 10.1 Å². The van der Waals surface area contributed by atoms with Gasteiger partial charge in [0.1, 0.15) is 12.4 Å². The largest absolute Gasteiger partial charge is 0.492 e. The van der Waals surface area contributed by atoms with Gasteiger partial charge in [-0.25, -0.2) is 21.1 Å². The number of rotatable bonds is 10. The van der Waals surface area contributed by atoms with Gasteiger partial charge in [0, 0.05) is 36.6 Å². The molecule has 2 aliphatic rings. The fraction of sp³-hybridized carbons (Fsp3) is 0.500. The highest BCUT2D eigenvalue weighted by Crippen LogP contribution is 2.24. The molecule has 1 amide bonds. The Bertz CT molecular complexity index is 1300. The van der Waals surface area contributed by atoms with Gasteiger partial charge >= 0.3 is 0 Å². The number of amides is 1. The second-order valence-electron chi connectivity index (χ2n) is 9.64. The molecule has 2 saturated heterocycles. The lowest BCUT2D eigenvalue weighted by molar-refractivity contribution is -0.126. The van der Waals surface area contributed by atoms with Gasteiger partial charge in [-0.1, -0.05) is 34.5 Å². The summed E-state index contributed by atoms with van der Waals surface area (Å²) in [4.78, 5) is 12.8. The summed E-state index contributed by atoms with van der Waals surface area (Å²) in [5.41, 5.74) is 0.720. The molecule has 2 fully saturated rings. The summed E-state index contributed by atoms with van der Waals surface area (Å²) in [5.74, 6) is 0.110. The van der Waals surface area contributed by atoms with Gasteiger partial charge in [-0.2, -0.15) is 4.31 Å². The zero-order chi connectivity index (χ0) is 27.2. The van der Waals surface area contributed by atoms with Gasteiger partial charge in [-0.15, -0.1) is 0 Å². The van der Waals surface area contributed by atoms with Crippen LogP contribution in [0.5, 0.6) is 5.75 Å². The van der Waals surface area contributed by atoms with Crippen LogP contribution in [0.25, 0.3) is 0 Å². The molecule has 0 atom stereocenters. The van der Waals surface area contributed by atoms with Crippen molar-refractivity contribution in [1.82, 2.24) is 13.9 Å². The van der Waals surface area contributed by atoms with Crippen molar-refractivity contribution in [3.05, 3.63) is 58.6 Å². The molecule has 1 N–H and O–H groups in total. The molecule has 0 aromatic heterocycles. The fourth-order valence-electron chi connectivity index (χ4n) is 4.77. The summed E-state index contributed by atoms with van der Waals surface area (Å²) < 4.78 is 60.6. The van der Waals surface area contributed by atoms with E-state index in [2.05, 4.69) is 21.2 Å². The summed E-state index contributed by atoms with van der Waals surface area (Å²) in [6, 6.07) is 13.6. The first kappa shape index (κ1) is 29.0. The zero-order valence-corrected chi connectivity index (χ0v) is 24.4. The van der Waals surface area contributed by atoms with Gasteiger partial charge in [0.05, 0.1) is 17.2 Å². The van der Waals surface area contributed by atoms with Crippen LogP contribution in [0.1, 0.15) is 37.7 Å². The summed E-state index contributed by atoms with van der Waals surface area (Å²) in [5, 5.41) is 2.86. The van der Waals surface area contributed by atoms with Gasteiger partial charge in [-0.3, -0.25) is 4.79 Å². The van der Waals surface area contributed by atoms with E-state index in [1.165, 1.54) is 8.61 Å². The number of hydrogen-bond donors (Lipinski definition) is 1. The highest BCUT2D eigenvalue weighted by Gasteiger charge is 2.31. The van der Waals surface area contributed by atoms with Crippen molar-refractivity contribution in [3.63, 3.8) is 0 Å². The first-order valence-corrected chi connectivity index (χ1v) is 16.7. The lowest BCUT2D eigenvalue weighted by Crippen LogP contribution is -2.43. The fourth-order valence-corrected chi connectivity index (χ4v) is 8.29. The molecule has 2 heterocycles. The first-order chi connectivity index (χ1) is 18.1. The quantitative estimate of drug-likeness (QED) is 0.404. The average Bonchev–Trinajstić information content (AvgIpc) is 2.91. The molecule has 0 radical (unpaired) electrons.